The van der Waals surface area contributed by atoms with Crippen molar-refractivity contribution in [1.29, 1.82) is 0 Å². The van der Waals surface area contributed by atoms with Gasteiger partial charge in [0.25, 0.3) is 0 Å². The highest BCUT2D eigenvalue weighted by molar-refractivity contribution is 5.72. The van der Waals surface area contributed by atoms with Crippen LogP contribution in [0.2, 0.25) is 0 Å². The van der Waals surface area contributed by atoms with Crippen LogP contribution in [0, 0.1) is 12.7 Å². The monoisotopic (exact) mass is 241 g/mol. The fourth-order valence-corrected chi connectivity index (χ4v) is 1.47. The summed E-state index contributed by atoms with van der Waals surface area (Å²) in [5, 5.41) is 21.7. The standard InChI is InChI=1S/C12H16FNO3/c1-7-4-3-5-9(11(7)13)12(17)10(16)6-14-8(2)15/h3-5,10,12,16-17H,6H2,1-2H3,(H,14,15). The van der Waals surface area contributed by atoms with Crippen LogP contribution in [0.1, 0.15) is 24.2 Å². The third-order valence-corrected chi connectivity index (χ3v) is 2.46. The molecule has 1 aromatic rings. The molecular weight excluding hydrogens is 225 g/mol. The zero-order valence-electron chi connectivity index (χ0n) is 9.77. The maximum atomic E-state index is 13.7. The molecule has 0 aromatic heterocycles. The predicted octanol–water partition coefficient (Wildman–Crippen LogP) is 0.665. The van der Waals surface area contributed by atoms with Gasteiger partial charge in [0.1, 0.15) is 18.0 Å². The second-order valence-electron chi connectivity index (χ2n) is 3.93. The quantitative estimate of drug-likeness (QED) is 0.725. The summed E-state index contributed by atoms with van der Waals surface area (Å²) in [5.74, 6) is -0.858. The molecule has 2 atom stereocenters. The van der Waals surface area contributed by atoms with Crippen LogP contribution in [-0.4, -0.2) is 28.8 Å². The number of aryl methyl sites for hydroxylation is 1. The molecule has 0 spiro atoms. The molecule has 0 aliphatic carbocycles. The largest absolute Gasteiger partial charge is 0.388 e. The number of hydrogen-bond donors (Lipinski definition) is 3. The van der Waals surface area contributed by atoms with Crippen LogP contribution in [0.15, 0.2) is 18.2 Å². The molecule has 0 aliphatic heterocycles. The van der Waals surface area contributed by atoms with E-state index in [4.69, 9.17) is 0 Å². The molecule has 3 N–H and O–H groups in total. The van der Waals surface area contributed by atoms with Gasteiger partial charge in [-0.2, -0.15) is 0 Å². The lowest BCUT2D eigenvalue weighted by Gasteiger charge is -2.19. The lowest BCUT2D eigenvalue weighted by molar-refractivity contribution is -0.119. The van der Waals surface area contributed by atoms with Crippen LogP contribution in [-0.2, 0) is 4.79 Å². The van der Waals surface area contributed by atoms with E-state index in [1.807, 2.05) is 0 Å². The summed E-state index contributed by atoms with van der Waals surface area (Å²) in [6, 6.07) is 4.58. The van der Waals surface area contributed by atoms with Crippen LogP contribution in [0.5, 0.6) is 0 Å². The first-order valence-electron chi connectivity index (χ1n) is 5.29. The van der Waals surface area contributed by atoms with Gasteiger partial charge in [-0.3, -0.25) is 4.79 Å². The Labute approximate surface area is 99.1 Å². The van der Waals surface area contributed by atoms with E-state index < -0.39 is 18.0 Å². The predicted molar refractivity (Wildman–Crippen MR) is 60.8 cm³/mol. The van der Waals surface area contributed by atoms with Crippen LogP contribution < -0.4 is 5.32 Å². The van der Waals surface area contributed by atoms with Crippen LogP contribution in [0.4, 0.5) is 4.39 Å². The highest BCUT2D eigenvalue weighted by Crippen LogP contribution is 2.22. The van der Waals surface area contributed by atoms with Gasteiger partial charge < -0.3 is 15.5 Å². The second-order valence-corrected chi connectivity index (χ2v) is 3.93. The van der Waals surface area contributed by atoms with Gasteiger partial charge in [0, 0.05) is 19.0 Å². The van der Waals surface area contributed by atoms with Crippen molar-refractivity contribution >= 4 is 5.91 Å². The number of nitrogens with one attached hydrogen (secondary N) is 1. The minimum Gasteiger partial charge on any atom is -0.388 e. The lowest BCUT2D eigenvalue weighted by atomic mass is 10.0. The van der Waals surface area contributed by atoms with Crippen molar-refractivity contribution in [2.45, 2.75) is 26.1 Å². The van der Waals surface area contributed by atoms with E-state index >= 15 is 0 Å². The van der Waals surface area contributed by atoms with Crippen molar-refractivity contribution in [2.24, 2.45) is 0 Å². The molecule has 1 rings (SSSR count). The molecule has 0 saturated carbocycles. The molecular formula is C12H16FNO3. The Morgan fingerprint density at radius 2 is 2.12 bits per heavy atom. The van der Waals surface area contributed by atoms with Gasteiger partial charge in [0.15, 0.2) is 0 Å². The second kappa shape index (κ2) is 5.75. The summed E-state index contributed by atoms with van der Waals surface area (Å²) < 4.78 is 13.7. The first-order valence-corrected chi connectivity index (χ1v) is 5.29. The molecule has 1 aromatic carbocycles. The summed E-state index contributed by atoms with van der Waals surface area (Å²) in [5.41, 5.74) is 0.427. The van der Waals surface area contributed by atoms with Gasteiger partial charge in [0.05, 0.1) is 0 Å². The average molecular weight is 241 g/mol. The molecule has 0 fully saturated rings. The van der Waals surface area contributed by atoms with Crippen LogP contribution >= 0.6 is 0 Å². The topological polar surface area (TPSA) is 69.6 Å². The summed E-state index contributed by atoms with van der Waals surface area (Å²) >= 11 is 0. The lowest BCUT2D eigenvalue weighted by Crippen LogP contribution is -2.34. The first-order chi connectivity index (χ1) is 7.93. The zero-order valence-corrected chi connectivity index (χ0v) is 9.77. The number of aliphatic hydroxyl groups excluding tert-OH is 2. The molecule has 17 heavy (non-hydrogen) atoms. The van der Waals surface area contributed by atoms with Gasteiger partial charge in [0.2, 0.25) is 5.91 Å². The zero-order chi connectivity index (χ0) is 13.0. The molecule has 5 heteroatoms. The van der Waals surface area contributed by atoms with Crippen molar-refractivity contribution in [3.05, 3.63) is 35.1 Å². The summed E-state index contributed by atoms with van der Waals surface area (Å²) in [7, 11) is 0. The molecule has 2 unspecified atom stereocenters. The normalized spacial score (nSPS) is 14.2. The fraction of sp³-hybridized carbons (Fsp3) is 0.417. The van der Waals surface area contributed by atoms with E-state index in [1.54, 1.807) is 19.1 Å². The van der Waals surface area contributed by atoms with Crippen LogP contribution in [0.3, 0.4) is 0 Å². The number of benzene rings is 1. The summed E-state index contributed by atoms with van der Waals surface area (Å²) in [6.07, 6.45) is -2.60. The smallest absolute Gasteiger partial charge is 0.216 e. The fourth-order valence-electron chi connectivity index (χ4n) is 1.47. The van der Waals surface area contributed by atoms with Crippen molar-refractivity contribution in [2.75, 3.05) is 6.54 Å². The van der Waals surface area contributed by atoms with Gasteiger partial charge in [-0.25, -0.2) is 4.39 Å². The highest BCUT2D eigenvalue weighted by Gasteiger charge is 2.22. The Bertz CT molecular complexity index is 409. The highest BCUT2D eigenvalue weighted by atomic mass is 19.1. The van der Waals surface area contributed by atoms with E-state index in [2.05, 4.69) is 5.32 Å². The average Bonchev–Trinajstić information content (AvgIpc) is 2.28. The number of carbonyl (C=O) groups is 1. The minimum atomic E-state index is -1.36. The van der Waals surface area contributed by atoms with E-state index in [9.17, 15) is 19.4 Å². The molecule has 0 heterocycles. The van der Waals surface area contributed by atoms with Crippen molar-refractivity contribution in [3.8, 4) is 0 Å². The number of hydrogen-bond acceptors (Lipinski definition) is 3. The number of amides is 1. The van der Waals surface area contributed by atoms with E-state index in [-0.39, 0.29) is 18.0 Å². The van der Waals surface area contributed by atoms with Gasteiger partial charge in [-0.05, 0) is 12.5 Å². The van der Waals surface area contributed by atoms with Gasteiger partial charge in [-0.1, -0.05) is 18.2 Å². The Balaban J connectivity index is 2.77. The molecule has 0 aliphatic rings. The van der Waals surface area contributed by atoms with Crippen molar-refractivity contribution < 1.29 is 19.4 Å². The number of aliphatic hydroxyl groups is 2. The molecule has 1 amide bonds. The Morgan fingerprint density at radius 1 is 1.47 bits per heavy atom. The molecule has 0 bridgehead atoms. The molecule has 94 valence electrons. The van der Waals surface area contributed by atoms with Crippen molar-refractivity contribution in [3.63, 3.8) is 0 Å². The van der Waals surface area contributed by atoms with E-state index in [0.29, 0.717) is 5.56 Å². The number of halogens is 1. The SMILES string of the molecule is CC(=O)NCC(O)C(O)c1cccc(C)c1F. The first kappa shape index (κ1) is 13.6. The van der Waals surface area contributed by atoms with Crippen molar-refractivity contribution in [1.82, 2.24) is 5.32 Å². The number of rotatable bonds is 4. The number of carbonyl (C=O) groups excluding carboxylic acids is 1. The molecule has 0 radical (unpaired) electrons. The third-order valence-electron chi connectivity index (χ3n) is 2.46. The van der Waals surface area contributed by atoms with Gasteiger partial charge >= 0.3 is 0 Å². The van der Waals surface area contributed by atoms with E-state index in [1.165, 1.54) is 13.0 Å². The molecule has 4 nitrogen and oxygen atoms in total. The maximum Gasteiger partial charge on any atom is 0.216 e. The molecule has 0 saturated heterocycles. The van der Waals surface area contributed by atoms with E-state index in [0.717, 1.165) is 0 Å². The Morgan fingerprint density at radius 3 is 2.71 bits per heavy atom. The third kappa shape index (κ3) is 3.51. The Kier molecular flexibility index (Phi) is 4.60. The summed E-state index contributed by atoms with van der Waals surface area (Å²) in [6.45, 7) is 2.75. The maximum absolute atomic E-state index is 13.7. The summed E-state index contributed by atoms with van der Waals surface area (Å²) in [4.78, 5) is 10.7. The Hall–Kier alpha value is -1.46. The minimum absolute atomic E-state index is 0.0304. The van der Waals surface area contributed by atoms with Gasteiger partial charge in [-0.15, -0.1) is 0 Å². The van der Waals surface area contributed by atoms with Crippen LogP contribution in [0.25, 0.3) is 0 Å².